The molecule has 3 aliphatic rings. The zero-order valence-electron chi connectivity index (χ0n) is 15.5. The van der Waals surface area contributed by atoms with Crippen LogP contribution in [-0.4, -0.2) is 16.8 Å². The maximum Gasteiger partial charge on any atom is 0.238 e. The van der Waals surface area contributed by atoms with Gasteiger partial charge in [0.1, 0.15) is 0 Å². The number of thioether (sulfide) groups is 1. The number of benzene rings is 2. The van der Waals surface area contributed by atoms with E-state index in [2.05, 4.69) is 24.3 Å². The number of allylic oxidation sites excluding steroid dienone is 2. The van der Waals surface area contributed by atoms with Crippen LogP contribution in [0, 0.1) is 23.7 Å². The zero-order valence-corrected chi connectivity index (χ0v) is 17.2. The number of fused-ring (bicyclic) bond motifs is 6. The van der Waals surface area contributed by atoms with E-state index in [1.165, 1.54) is 10.5 Å². The van der Waals surface area contributed by atoms with E-state index in [9.17, 15) is 9.59 Å². The second-order valence-corrected chi connectivity index (χ2v) is 10.2. The van der Waals surface area contributed by atoms with Crippen LogP contribution < -0.4 is 4.90 Å². The number of aromatic nitrogens is 1. The monoisotopic (exact) mass is 418 g/mol. The van der Waals surface area contributed by atoms with Crippen molar-refractivity contribution in [2.75, 3.05) is 4.90 Å². The van der Waals surface area contributed by atoms with E-state index in [0.717, 1.165) is 26.7 Å². The smallest absolute Gasteiger partial charge is 0.238 e. The van der Waals surface area contributed by atoms with Crippen molar-refractivity contribution >= 4 is 50.8 Å². The summed E-state index contributed by atoms with van der Waals surface area (Å²) in [5.74, 6) is 0.965. The van der Waals surface area contributed by atoms with E-state index in [0.29, 0.717) is 5.69 Å². The van der Waals surface area contributed by atoms with E-state index in [4.69, 9.17) is 4.98 Å². The summed E-state index contributed by atoms with van der Waals surface area (Å²) in [4.78, 5) is 32.2. The first-order valence-corrected chi connectivity index (χ1v) is 11.6. The number of rotatable bonds is 4. The molecular formula is C23H18N2O2S2. The number of hydrogen-bond acceptors (Lipinski definition) is 5. The summed E-state index contributed by atoms with van der Waals surface area (Å²) in [5.41, 5.74) is 2.86. The van der Waals surface area contributed by atoms with Gasteiger partial charge < -0.3 is 0 Å². The molecule has 0 unspecified atom stereocenters. The lowest BCUT2D eigenvalue weighted by Crippen LogP contribution is -2.32. The molecule has 6 heteroatoms. The SMILES string of the molecule is O=C1[C@@H]2[C@@H](C(=O)N1c1ccc3nc(SCc4ccccc4)sc3c1)[C@H]1C=C[C@H]2C1. The number of carbonyl (C=O) groups is 2. The molecule has 2 heterocycles. The largest absolute Gasteiger partial charge is 0.274 e. The predicted molar refractivity (Wildman–Crippen MR) is 116 cm³/mol. The lowest BCUT2D eigenvalue weighted by atomic mass is 9.85. The number of carbonyl (C=O) groups excluding carboxylic acids is 2. The van der Waals surface area contributed by atoms with Gasteiger partial charge in [0.05, 0.1) is 27.7 Å². The number of nitrogens with zero attached hydrogens (tertiary/aromatic N) is 2. The predicted octanol–water partition coefficient (Wildman–Crippen LogP) is 4.90. The van der Waals surface area contributed by atoms with Crippen molar-refractivity contribution in [1.82, 2.24) is 4.98 Å². The molecule has 2 bridgehead atoms. The van der Waals surface area contributed by atoms with Gasteiger partial charge in [-0.2, -0.15) is 0 Å². The molecule has 3 aromatic rings. The average Bonchev–Trinajstić information content (AvgIpc) is 3.49. The van der Waals surface area contributed by atoms with Crippen molar-refractivity contribution in [3.05, 3.63) is 66.2 Å². The van der Waals surface area contributed by atoms with Crippen LogP contribution in [0.3, 0.4) is 0 Å². The normalized spacial score (nSPS) is 27.4. The first-order valence-electron chi connectivity index (χ1n) is 9.82. The van der Waals surface area contributed by atoms with Gasteiger partial charge in [-0.15, -0.1) is 11.3 Å². The molecule has 2 fully saturated rings. The van der Waals surface area contributed by atoms with E-state index in [-0.39, 0.29) is 35.5 Å². The first-order chi connectivity index (χ1) is 14.2. The Morgan fingerprint density at radius 3 is 2.45 bits per heavy atom. The minimum Gasteiger partial charge on any atom is -0.274 e. The molecule has 2 aliphatic carbocycles. The van der Waals surface area contributed by atoms with Gasteiger partial charge in [-0.1, -0.05) is 54.2 Å². The summed E-state index contributed by atoms with van der Waals surface area (Å²) in [6.07, 6.45) is 5.21. The topological polar surface area (TPSA) is 50.3 Å². The maximum absolute atomic E-state index is 13.0. The quantitative estimate of drug-likeness (QED) is 0.344. The summed E-state index contributed by atoms with van der Waals surface area (Å²) in [6, 6.07) is 16.1. The molecule has 1 aliphatic heterocycles. The van der Waals surface area contributed by atoms with Crippen LogP contribution in [0.1, 0.15) is 12.0 Å². The van der Waals surface area contributed by atoms with Crippen LogP contribution in [0.15, 0.2) is 65.0 Å². The van der Waals surface area contributed by atoms with Crippen LogP contribution in [0.4, 0.5) is 5.69 Å². The van der Waals surface area contributed by atoms with E-state index in [1.54, 1.807) is 23.1 Å². The Balaban J connectivity index is 1.27. The highest BCUT2D eigenvalue weighted by Gasteiger charge is 2.59. The summed E-state index contributed by atoms with van der Waals surface area (Å²) in [6.45, 7) is 0. The van der Waals surface area contributed by atoms with Crippen molar-refractivity contribution in [1.29, 1.82) is 0 Å². The molecule has 1 saturated heterocycles. The summed E-state index contributed by atoms with van der Waals surface area (Å²) in [7, 11) is 0. The summed E-state index contributed by atoms with van der Waals surface area (Å²) in [5, 5.41) is 0. The van der Waals surface area contributed by atoms with Crippen molar-refractivity contribution in [3.8, 4) is 0 Å². The minimum absolute atomic E-state index is 0.0283. The highest BCUT2D eigenvalue weighted by Crippen LogP contribution is 2.53. The Bertz CT molecular complexity index is 1140. The average molecular weight is 419 g/mol. The molecule has 4 nitrogen and oxygen atoms in total. The number of amides is 2. The molecule has 2 amide bonds. The molecule has 2 aromatic carbocycles. The van der Waals surface area contributed by atoms with Crippen LogP contribution in [0.25, 0.3) is 10.2 Å². The number of imide groups is 1. The molecule has 0 N–H and O–H groups in total. The summed E-state index contributed by atoms with van der Waals surface area (Å²) < 4.78 is 2.01. The molecule has 1 saturated carbocycles. The molecule has 144 valence electrons. The van der Waals surface area contributed by atoms with Crippen molar-refractivity contribution in [3.63, 3.8) is 0 Å². The third-order valence-electron chi connectivity index (χ3n) is 6.29. The minimum atomic E-state index is -0.161. The fraction of sp³-hybridized carbons (Fsp3) is 0.261. The maximum atomic E-state index is 13.0. The van der Waals surface area contributed by atoms with E-state index < -0.39 is 0 Å². The third kappa shape index (κ3) is 2.69. The summed E-state index contributed by atoms with van der Waals surface area (Å²) >= 11 is 3.33. The van der Waals surface area contributed by atoms with Crippen LogP contribution in [-0.2, 0) is 15.3 Å². The van der Waals surface area contributed by atoms with Crippen molar-refractivity contribution < 1.29 is 9.59 Å². The van der Waals surface area contributed by atoms with Crippen LogP contribution >= 0.6 is 23.1 Å². The second-order valence-electron chi connectivity index (χ2n) is 7.92. The van der Waals surface area contributed by atoms with Crippen LogP contribution in [0.2, 0.25) is 0 Å². The van der Waals surface area contributed by atoms with Gasteiger partial charge in [-0.3, -0.25) is 9.59 Å². The molecule has 1 aromatic heterocycles. The highest BCUT2D eigenvalue weighted by atomic mass is 32.2. The standard InChI is InChI=1S/C23H18N2O2S2/c26-21-19-14-6-7-15(10-14)20(19)22(27)25(21)16-8-9-17-18(11-16)29-23(24-17)28-12-13-4-2-1-3-5-13/h1-9,11,14-15,19-20H,10,12H2/t14-,15-,19-,20-/m0/s1. The fourth-order valence-corrected chi connectivity index (χ4v) is 7.03. The van der Waals surface area contributed by atoms with Gasteiger partial charge in [-0.05, 0) is 42.0 Å². The molecule has 4 atom stereocenters. The Morgan fingerprint density at radius 1 is 1.00 bits per heavy atom. The highest BCUT2D eigenvalue weighted by molar-refractivity contribution is 8.00. The van der Waals surface area contributed by atoms with E-state index in [1.807, 2.05) is 36.4 Å². The second kappa shape index (κ2) is 6.54. The Hall–Kier alpha value is -2.44. The molecule has 0 spiro atoms. The lowest BCUT2D eigenvalue weighted by molar-refractivity contribution is -0.123. The molecule has 0 radical (unpaired) electrons. The van der Waals surface area contributed by atoms with Gasteiger partial charge in [0.2, 0.25) is 11.8 Å². The van der Waals surface area contributed by atoms with Crippen molar-refractivity contribution in [2.45, 2.75) is 16.5 Å². The number of thiazole rings is 1. The third-order valence-corrected chi connectivity index (χ3v) is 8.52. The Morgan fingerprint density at radius 2 is 1.72 bits per heavy atom. The molecular weight excluding hydrogens is 400 g/mol. The van der Waals surface area contributed by atoms with E-state index >= 15 is 0 Å². The zero-order chi connectivity index (χ0) is 19.5. The van der Waals surface area contributed by atoms with Gasteiger partial charge >= 0.3 is 0 Å². The number of hydrogen-bond donors (Lipinski definition) is 0. The Kier molecular flexibility index (Phi) is 3.93. The first kappa shape index (κ1) is 17.4. The van der Waals surface area contributed by atoms with Gasteiger partial charge in [0, 0.05) is 5.75 Å². The molecule has 6 rings (SSSR count). The van der Waals surface area contributed by atoms with Gasteiger partial charge in [0.25, 0.3) is 0 Å². The van der Waals surface area contributed by atoms with Gasteiger partial charge in [0.15, 0.2) is 4.34 Å². The lowest BCUT2D eigenvalue weighted by Gasteiger charge is -2.17. The Labute approximate surface area is 176 Å². The van der Waals surface area contributed by atoms with Crippen LogP contribution in [0.5, 0.6) is 0 Å². The van der Waals surface area contributed by atoms with Crippen molar-refractivity contribution in [2.24, 2.45) is 23.7 Å². The van der Waals surface area contributed by atoms with Gasteiger partial charge in [-0.25, -0.2) is 9.88 Å². The fourth-order valence-electron chi connectivity index (χ4n) is 4.97. The molecule has 29 heavy (non-hydrogen) atoms. The number of anilines is 1.